The summed E-state index contributed by atoms with van der Waals surface area (Å²) in [5.74, 6) is 0. The SMILES string of the molecule is CC(C)(C)c1ccc(N2B3c4cc5c(cc4-n4c6cc7c(cc6c6c8c(oc9ccccc98)c(c3c64)-c3cc4oc6ccccc6c4cc32)C(C)(C)CCC7(C)C)sc2ccccc25)cc1. The minimum absolute atomic E-state index is 0.0121. The number of nitrogens with zero attached hydrogens (tertiary/aromatic N) is 2. The number of thiophene rings is 1. The largest absolute Gasteiger partial charge is 0.456 e. The lowest BCUT2D eigenvalue weighted by molar-refractivity contribution is 0.332. The van der Waals surface area contributed by atoms with E-state index in [9.17, 15) is 0 Å². The van der Waals surface area contributed by atoms with Crippen molar-refractivity contribution < 1.29 is 8.83 Å². The van der Waals surface area contributed by atoms with E-state index in [-0.39, 0.29) is 23.1 Å². The monoisotopic (exact) mass is 870 g/mol. The molecule has 0 radical (unpaired) electrons. The first kappa shape index (κ1) is 37.5. The molecule has 0 atom stereocenters. The quantitative estimate of drug-likeness (QED) is 0.154. The van der Waals surface area contributed by atoms with Crippen molar-refractivity contribution in [2.75, 3.05) is 4.81 Å². The van der Waals surface area contributed by atoms with Gasteiger partial charge in [-0.25, -0.2) is 0 Å². The molecule has 0 spiro atoms. The zero-order valence-corrected chi connectivity index (χ0v) is 39.1. The number of aromatic nitrogens is 1. The molecule has 318 valence electrons. The Balaban J connectivity index is 1.20. The van der Waals surface area contributed by atoms with Crippen LogP contribution < -0.4 is 15.7 Å². The van der Waals surface area contributed by atoms with Gasteiger partial charge in [0, 0.05) is 80.7 Å². The van der Waals surface area contributed by atoms with E-state index >= 15 is 0 Å². The minimum Gasteiger partial charge on any atom is -0.456 e. The number of hydrogen-bond donors (Lipinski definition) is 0. The van der Waals surface area contributed by atoms with E-state index < -0.39 is 0 Å². The fraction of sp³-hybridized carbons (Fsp3) is 0.200. The van der Waals surface area contributed by atoms with E-state index in [1.54, 1.807) is 0 Å². The summed E-state index contributed by atoms with van der Waals surface area (Å²) in [6, 6.07) is 50.6. The van der Waals surface area contributed by atoms with E-state index in [0.717, 1.165) is 73.8 Å². The molecule has 15 rings (SSSR count). The molecule has 4 nitrogen and oxygen atoms in total. The number of rotatable bonds is 1. The van der Waals surface area contributed by atoms with Crippen LogP contribution >= 0.6 is 11.3 Å². The van der Waals surface area contributed by atoms with E-state index in [1.807, 2.05) is 11.3 Å². The fourth-order valence-electron chi connectivity index (χ4n) is 12.7. The molecule has 4 aromatic heterocycles. The van der Waals surface area contributed by atoms with Crippen molar-refractivity contribution in [2.24, 2.45) is 0 Å². The summed E-state index contributed by atoms with van der Waals surface area (Å²) in [7, 11) is 0. The Morgan fingerprint density at radius 1 is 0.576 bits per heavy atom. The summed E-state index contributed by atoms with van der Waals surface area (Å²) >= 11 is 1.91. The van der Waals surface area contributed by atoms with Crippen molar-refractivity contribution >= 4 is 126 Å². The van der Waals surface area contributed by atoms with Gasteiger partial charge in [-0.15, -0.1) is 11.3 Å². The Labute approximate surface area is 387 Å². The number of para-hydroxylation sites is 2. The molecule has 3 aliphatic rings. The van der Waals surface area contributed by atoms with Crippen molar-refractivity contribution in [3.63, 3.8) is 0 Å². The van der Waals surface area contributed by atoms with Crippen LogP contribution in [0.4, 0.5) is 11.4 Å². The first-order valence-corrected chi connectivity index (χ1v) is 24.5. The Morgan fingerprint density at radius 2 is 1.26 bits per heavy atom. The summed E-state index contributed by atoms with van der Waals surface area (Å²) in [4.78, 5) is 2.66. The third kappa shape index (κ3) is 4.65. The summed E-state index contributed by atoms with van der Waals surface area (Å²) in [6.45, 7) is 16.6. The minimum atomic E-state index is -0.180. The lowest BCUT2D eigenvalue weighted by atomic mass is 9.43. The third-order valence-corrected chi connectivity index (χ3v) is 17.3. The predicted octanol–water partition coefficient (Wildman–Crippen LogP) is 15.8. The molecule has 0 saturated heterocycles. The first-order valence-electron chi connectivity index (χ1n) is 23.7. The van der Waals surface area contributed by atoms with E-state index in [1.165, 1.54) is 80.7 Å². The molecule has 1 aliphatic carbocycles. The zero-order chi connectivity index (χ0) is 44.3. The summed E-state index contributed by atoms with van der Waals surface area (Å²) in [6.07, 6.45) is 2.31. The van der Waals surface area contributed by atoms with Gasteiger partial charge in [-0.3, -0.25) is 0 Å². The number of furan rings is 2. The van der Waals surface area contributed by atoms with Crippen molar-refractivity contribution in [1.29, 1.82) is 0 Å². The summed E-state index contributed by atoms with van der Waals surface area (Å²) in [5.41, 5.74) is 19.0. The van der Waals surface area contributed by atoms with E-state index in [0.29, 0.717) is 0 Å². The first-order chi connectivity index (χ1) is 31.8. The summed E-state index contributed by atoms with van der Waals surface area (Å²) in [5, 5.41) is 9.79. The molecule has 66 heavy (non-hydrogen) atoms. The van der Waals surface area contributed by atoms with Crippen LogP contribution in [0.15, 0.2) is 142 Å². The van der Waals surface area contributed by atoms with Crippen molar-refractivity contribution in [1.82, 2.24) is 4.57 Å². The van der Waals surface area contributed by atoms with E-state index in [4.69, 9.17) is 8.83 Å². The van der Waals surface area contributed by atoms with Crippen LogP contribution in [-0.2, 0) is 16.2 Å². The van der Waals surface area contributed by atoms with Gasteiger partial charge in [-0.05, 0) is 117 Å². The zero-order valence-electron chi connectivity index (χ0n) is 38.3. The van der Waals surface area contributed by atoms with E-state index in [2.05, 4.69) is 191 Å². The van der Waals surface area contributed by atoms with Crippen LogP contribution in [0.25, 0.3) is 103 Å². The van der Waals surface area contributed by atoms with Gasteiger partial charge < -0.3 is 18.2 Å². The second-order valence-corrected chi connectivity index (χ2v) is 23.0. The molecule has 12 aromatic rings. The van der Waals surface area contributed by atoms with Crippen LogP contribution in [-0.4, -0.2) is 11.4 Å². The molecule has 2 aliphatic heterocycles. The van der Waals surface area contributed by atoms with Gasteiger partial charge in [0.15, 0.2) is 0 Å². The van der Waals surface area contributed by atoms with Gasteiger partial charge in [0.1, 0.15) is 22.3 Å². The third-order valence-electron chi connectivity index (χ3n) is 16.2. The second-order valence-electron chi connectivity index (χ2n) is 21.9. The lowest BCUT2D eigenvalue weighted by Gasteiger charge is -2.42. The molecule has 0 amide bonds. The molecule has 0 unspecified atom stereocenters. The fourth-order valence-corrected chi connectivity index (χ4v) is 13.8. The molecule has 6 heteroatoms. The van der Waals surface area contributed by atoms with Crippen molar-refractivity contribution in [3.05, 3.63) is 150 Å². The molecular weight excluding hydrogens is 824 g/mol. The van der Waals surface area contributed by atoms with Crippen molar-refractivity contribution in [3.8, 4) is 16.8 Å². The molecule has 0 bridgehead atoms. The van der Waals surface area contributed by atoms with Crippen LogP contribution in [0.2, 0.25) is 0 Å². The van der Waals surface area contributed by atoms with Gasteiger partial charge in [0.25, 0.3) is 0 Å². The Hall–Kier alpha value is -6.76. The Kier molecular flexibility index (Phi) is 6.91. The highest BCUT2D eigenvalue weighted by Crippen LogP contribution is 2.55. The van der Waals surface area contributed by atoms with Crippen LogP contribution in [0.5, 0.6) is 0 Å². The smallest absolute Gasteiger partial charge is 0.333 e. The molecule has 0 fully saturated rings. The Morgan fingerprint density at radius 3 is 2.02 bits per heavy atom. The van der Waals surface area contributed by atoms with Gasteiger partial charge in [0.2, 0.25) is 0 Å². The summed E-state index contributed by atoms with van der Waals surface area (Å²) < 4.78 is 19.4. The Bertz CT molecular complexity index is 4170. The van der Waals surface area contributed by atoms with Crippen LogP contribution in [0, 0.1) is 0 Å². The van der Waals surface area contributed by atoms with Crippen LogP contribution in [0.3, 0.4) is 0 Å². The lowest BCUT2D eigenvalue weighted by Crippen LogP contribution is -2.60. The van der Waals surface area contributed by atoms with Gasteiger partial charge >= 0.3 is 6.85 Å². The number of anilines is 2. The maximum absolute atomic E-state index is 7.34. The molecule has 6 heterocycles. The van der Waals surface area contributed by atoms with Gasteiger partial charge in [0.05, 0.1) is 11.0 Å². The molecular formula is C60H47BN2O2S. The van der Waals surface area contributed by atoms with Crippen LogP contribution in [0.1, 0.15) is 78.0 Å². The molecule has 8 aromatic carbocycles. The maximum Gasteiger partial charge on any atom is 0.333 e. The average Bonchev–Trinajstić information content (AvgIpc) is 4.07. The average molecular weight is 871 g/mol. The highest BCUT2D eigenvalue weighted by Gasteiger charge is 2.47. The molecule has 0 N–H and O–H groups in total. The topological polar surface area (TPSA) is 34.5 Å². The number of benzene rings is 8. The molecule has 0 saturated carbocycles. The van der Waals surface area contributed by atoms with Gasteiger partial charge in [-0.2, -0.15) is 0 Å². The highest BCUT2D eigenvalue weighted by atomic mass is 32.1. The maximum atomic E-state index is 7.34. The number of fused-ring (bicyclic) bond motifs is 20. The highest BCUT2D eigenvalue weighted by molar-refractivity contribution is 7.26. The number of hydrogen-bond acceptors (Lipinski definition) is 4. The normalized spacial score (nSPS) is 16.2. The second kappa shape index (κ2) is 12.2. The predicted molar refractivity (Wildman–Crippen MR) is 281 cm³/mol. The van der Waals surface area contributed by atoms with Crippen molar-refractivity contribution in [2.45, 2.75) is 77.6 Å². The standard InChI is InChI=1S/C60H47BN2O2S/c1-58(2,3)32-20-22-33(23-21-32)63-45-28-37-34-14-8-11-17-47(34)64-49(37)29-40(45)54-55-56-52(53-36-16-9-12-18-48(36)65-57(53)54)39-26-41-42(60(6,7)25-24-59(41,4)5)30-44(39)62(56)46-31-51-38(27-43(46)61(55)63)35-15-10-13-19-50(35)66-51/h8-23,26-31H,24-25H2,1-7H3. The van der Waals surface area contributed by atoms with Gasteiger partial charge in [-0.1, -0.05) is 121 Å².